The maximum atomic E-state index is 11.1. The van der Waals surface area contributed by atoms with E-state index in [2.05, 4.69) is 11.9 Å². The SMILES string of the molecule is C=CCCNC(=O)C(CN)OC. The number of hydrogen-bond acceptors (Lipinski definition) is 3. The monoisotopic (exact) mass is 172 g/mol. The van der Waals surface area contributed by atoms with Gasteiger partial charge >= 0.3 is 0 Å². The molecule has 0 radical (unpaired) electrons. The van der Waals surface area contributed by atoms with Crippen molar-refractivity contribution in [2.75, 3.05) is 20.2 Å². The summed E-state index contributed by atoms with van der Waals surface area (Å²) < 4.78 is 4.83. The van der Waals surface area contributed by atoms with Gasteiger partial charge in [-0.3, -0.25) is 4.79 Å². The van der Waals surface area contributed by atoms with E-state index in [9.17, 15) is 4.79 Å². The molecule has 0 heterocycles. The molecule has 0 rings (SSSR count). The predicted molar refractivity (Wildman–Crippen MR) is 47.7 cm³/mol. The highest BCUT2D eigenvalue weighted by atomic mass is 16.5. The zero-order valence-corrected chi connectivity index (χ0v) is 7.38. The van der Waals surface area contributed by atoms with E-state index in [-0.39, 0.29) is 12.5 Å². The lowest BCUT2D eigenvalue weighted by Gasteiger charge is -2.11. The maximum absolute atomic E-state index is 11.1. The maximum Gasteiger partial charge on any atom is 0.250 e. The molecule has 0 aromatic carbocycles. The first kappa shape index (κ1) is 11.1. The number of methoxy groups -OCH3 is 1. The first-order valence-corrected chi connectivity index (χ1v) is 3.87. The molecule has 0 bridgehead atoms. The van der Waals surface area contributed by atoms with Crippen LogP contribution in [0.2, 0.25) is 0 Å². The summed E-state index contributed by atoms with van der Waals surface area (Å²) >= 11 is 0. The lowest BCUT2D eigenvalue weighted by atomic mass is 10.3. The van der Waals surface area contributed by atoms with Crippen molar-refractivity contribution in [3.63, 3.8) is 0 Å². The Morgan fingerprint density at radius 2 is 2.50 bits per heavy atom. The predicted octanol–water partition coefficient (Wildman–Crippen LogP) is -0.348. The topological polar surface area (TPSA) is 64.4 Å². The van der Waals surface area contributed by atoms with E-state index < -0.39 is 6.10 Å². The van der Waals surface area contributed by atoms with Crippen LogP contribution in [0.5, 0.6) is 0 Å². The average molecular weight is 172 g/mol. The van der Waals surface area contributed by atoms with E-state index in [0.29, 0.717) is 6.54 Å². The standard InChI is InChI=1S/C8H16N2O2/c1-3-4-5-10-8(11)7(6-9)12-2/h3,7H,1,4-6,9H2,2H3,(H,10,11). The number of hydrogen-bond donors (Lipinski definition) is 2. The number of nitrogens with two attached hydrogens (primary N) is 1. The smallest absolute Gasteiger partial charge is 0.250 e. The molecule has 0 saturated carbocycles. The van der Waals surface area contributed by atoms with Crippen LogP contribution in [0.4, 0.5) is 0 Å². The molecule has 0 saturated heterocycles. The Kier molecular flexibility index (Phi) is 6.32. The van der Waals surface area contributed by atoms with E-state index in [0.717, 1.165) is 6.42 Å². The number of rotatable bonds is 6. The summed E-state index contributed by atoms with van der Waals surface area (Å²) in [5.41, 5.74) is 5.28. The van der Waals surface area contributed by atoms with Gasteiger partial charge in [0, 0.05) is 20.2 Å². The average Bonchev–Trinajstić information content (AvgIpc) is 2.07. The van der Waals surface area contributed by atoms with Crippen LogP contribution in [0.1, 0.15) is 6.42 Å². The van der Waals surface area contributed by atoms with Gasteiger partial charge in [-0.2, -0.15) is 0 Å². The molecule has 70 valence electrons. The highest BCUT2D eigenvalue weighted by Crippen LogP contribution is 1.86. The largest absolute Gasteiger partial charge is 0.370 e. The quantitative estimate of drug-likeness (QED) is 0.425. The molecule has 4 nitrogen and oxygen atoms in total. The molecule has 0 aromatic heterocycles. The van der Waals surface area contributed by atoms with Gasteiger partial charge in [0.05, 0.1) is 0 Å². The van der Waals surface area contributed by atoms with Crippen molar-refractivity contribution < 1.29 is 9.53 Å². The zero-order valence-electron chi connectivity index (χ0n) is 7.38. The third-order valence-corrected chi connectivity index (χ3v) is 1.44. The third kappa shape index (κ3) is 4.10. The van der Waals surface area contributed by atoms with Crippen LogP contribution in [0.3, 0.4) is 0 Å². The summed E-state index contributed by atoms with van der Waals surface area (Å²) in [4.78, 5) is 11.1. The Labute approximate surface area is 72.8 Å². The number of carbonyl (C=O) groups excluding carboxylic acids is 1. The molecule has 0 spiro atoms. The van der Waals surface area contributed by atoms with Crippen LogP contribution >= 0.6 is 0 Å². The highest BCUT2D eigenvalue weighted by Gasteiger charge is 2.13. The lowest BCUT2D eigenvalue weighted by Crippen LogP contribution is -2.40. The van der Waals surface area contributed by atoms with Crippen LogP contribution in [0.25, 0.3) is 0 Å². The first-order chi connectivity index (χ1) is 5.76. The Hall–Kier alpha value is -0.870. The van der Waals surface area contributed by atoms with Crippen molar-refractivity contribution >= 4 is 5.91 Å². The van der Waals surface area contributed by atoms with E-state index in [1.165, 1.54) is 7.11 Å². The number of ether oxygens (including phenoxy) is 1. The van der Waals surface area contributed by atoms with Crippen LogP contribution in [0.15, 0.2) is 12.7 Å². The normalized spacial score (nSPS) is 12.2. The van der Waals surface area contributed by atoms with Crippen LogP contribution in [-0.4, -0.2) is 32.2 Å². The molecule has 3 N–H and O–H groups in total. The minimum absolute atomic E-state index is 0.165. The van der Waals surface area contributed by atoms with Crippen molar-refractivity contribution in [1.29, 1.82) is 0 Å². The van der Waals surface area contributed by atoms with E-state index in [1.807, 2.05) is 0 Å². The van der Waals surface area contributed by atoms with Gasteiger partial charge in [-0.25, -0.2) is 0 Å². The van der Waals surface area contributed by atoms with Crippen LogP contribution in [0, 0.1) is 0 Å². The third-order valence-electron chi connectivity index (χ3n) is 1.44. The molecule has 4 heteroatoms. The van der Waals surface area contributed by atoms with Crippen molar-refractivity contribution in [3.05, 3.63) is 12.7 Å². The fraction of sp³-hybridized carbons (Fsp3) is 0.625. The van der Waals surface area contributed by atoms with Crippen LogP contribution < -0.4 is 11.1 Å². The summed E-state index contributed by atoms with van der Waals surface area (Å²) in [7, 11) is 1.46. The summed E-state index contributed by atoms with van der Waals surface area (Å²) in [6, 6.07) is 0. The Balaban J connectivity index is 3.61. The number of amides is 1. The Bertz CT molecular complexity index is 144. The van der Waals surface area contributed by atoms with Gasteiger partial charge in [0.1, 0.15) is 6.10 Å². The van der Waals surface area contributed by atoms with E-state index in [1.54, 1.807) is 6.08 Å². The molecule has 0 aromatic rings. The second-order valence-corrected chi connectivity index (χ2v) is 2.33. The van der Waals surface area contributed by atoms with Crippen LogP contribution in [-0.2, 0) is 9.53 Å². The van der Waals surface area contributed by atoms with Gasteiger partial charge < -0.3 is 15.8 Å². The molecular formula is C8H16N2O2. The highest BCUT2D eigenvalue weighted by molar-refractivity contribution is 5.80. The Morgan fingerprint density at radius 1 is 1.83 bits per heavy atom. The van der Waals surface area contributed by atoms with Gasteiger partial charge in [0.25, 0.3) is 0 Å². The minimum Gasteiger partial charge on any atom is -0.370 e. The van der Waals surface area contributed by atoms with Crippen molar-refractivity contribution in [1.82, 2.24) is 5.32 Å². The van der Waals surface area contributed by atoms with Gasteiger partial charge in [0.15, 0.2) is 0 Å². The second-order valence-electron chi connectivity index (χ2n) is 2.33. The summed E-state index contributed by atoms with van der Waals surface area (Å²) in [5.74, 6) is -0.165. The molecular weight excluding hydrogens is 156 g/mol. The molecule has 0 aliphatic heterocycles. The molecule has 12 heavy (non-hydrogen) atoms. The van der Waals surface area contributed by atoms with Gasteiger partial charge in [0.2, 0.25) is 5.91 Å². The first-order valence-electron chi connectivity index (χ1n) is 3.87. The molecule has 1 atom stereocenters. The summed E-state index contributed by atoms with van der Waals surface area (Å²) in [6.07, 6.45) is 1.96. The molecule has 0 fully saturated rings. The van der Waals surface area contributed by atoms with Crippen molar-refractivity contribution in [2.24, 2.45) is 5.73 Å². The van der Waals surface area contributed by atoms with Gasteiger partial charge in [-0.1, -0.05) is 6.08 Å². The lowest BCUT2D eigenvalue weighted by molar-refractivity contribution is -0.130. The van der Waals surface area contributed by atoms with E-state index in [4.69, 9.17) is 10.5 Å². The summed E-state index contributed by atoms with van der Waals surface area (Å²) in [5, 5.41) is 2.67. The Morgan fingerprint density at radius 3 is 2.92 bits per heavy atom. The molecule has 0 aliphatic rings. The second kappa shape index (κ2) is 6.82. The molecule has 1 unspecified atom stereocenters. The van der Waals surface area contributed by atoms with Gasteiger partial charge in [-0.15, -0.1) is 6.58 Å². The summed E-state index contributed by atoms with van der Waals surface area (Å²) in [6.45, 7) is 4.33. The molecule has 1 amide bonds. The fourth-order valence-corrected chi connectivity index (χ4v) is 0.722. The fourth-order valence-electron chi connectivity index (χ4n) is 0.722. The van der Waals surface area contributed by atoms with Gasteiger partial charge in [-0.05, 0) is 6.42 Å². The van der Waals surface area contributed by atoms with Crippen molar-refractivity contribution in [2.45, 2.75) is 12.5 Å². The zero-order chi connectivity index (χ0) is 9.40. The minimum atomic E-state index is -0.533. The number of nitrogens with one attached hydrogen (secondary N) is 1. The van der Waals surface area contributed by atoms with Crippen molar-refractivity contribution in [3.8, 4) is 0 Å². The molecule has 0 aliphatic carbocycles. The van der Waals surface area contributed by atoms with E-state index >= 15 is 0 Å². The number of carbonyl (C=O) groups is 1.